The lowest BCUT2D eigenvalue weighted by Gasteiger charge is -2.28. The van der Waals surface area contributed by atoms with Crippen LogP contribution in [0.3, 0.4) is 0 Å². The highest BCUT2D eigenvalue weighted by atomic mass is 32.1. The Balaban J connectivity index is 0.940. The highest BCUT2D eigenvalue weighted by Gasteiger charge is 2.20. The SMILES string of the molecule is c1ccc(N(c2ccc(-c3ccc(-c4ccccc4-n4c5ccccc5c5ccccc54)cc3)cc2)c2ccc3sc4ccccc4c3c2)c(-c2ccc3ccccc3c2)c1. The summed E-state index contributed by atoms with van der Waals surface area (Å²) in [7, 11) is 0. The molecule has 10 aromatic carbocycles. The summed E-state index contributed by atoms with van der Waals surface area (Å²) in [4.78, 5) is 2.43. The van der Waals surface area contributed by atoms with Crippen LogP contribution in [0.5, 0.6) is 0 Å². The van der Waals surface area contributed by atoms with E-state index in [0.717, 1.165) is 17.1 Å². The fourth-order valence-corrected chi connectivity index (χ4v) is 10.4. The van der Waals surface area contributed by atoms with Gasteiger partial charge in [-0.2, -0.15) is 0 Å². The maximum absolute atomic E-state index is 2.43. The van der Waals surface area contributed by atoms with Crippen molar-refractivity contribution in [1.82, 2.24) is 4.57 Å². The predicted molar refractivity (Wildman–Crippen MR) is 262 cm³/mol. The Morgan fingerprint density at radius 3 is 1.64 bits per heavy atom. The van der Waals surface area contributed by atoms with Crippen molar-refractivity contribution < 1.29 is 0 Å². The summed E-state index contributed by atoms with van der Waals surface area (Å²) in [5.74, 6) is 0. The number of para-hydroxylation sites is 4. The summed E-state index contributed by atoms with van der Waals surface area (Å²) < 4.78 is 5.02. The number of hydrogen-bond acceptors (Lipinski definition) is 2. The van der Waals surface area contributed by atoms with Gasteiger partial charge in [0.2, 0.25) is 0 Å². The fraction of sp³-hybridized carbons (Fsp3) is 0. The second-order valence-electron chi connectivity index (χ2n) is 15.7. The van der Waals surface area contributed by atoms with Crippen molar-refractivity contribution in [2.24, 2.45) is 0 Å². The lowest BCUT2D eigenvalue weighted by atomic mass is 9.97. The lowest BCUT2D eigenvalue weighted by Crippen LogP contribution is -2.11. The Morgan fingerprint density at radius 2 is 0.869 bits per heavy atom. The number of hydrogen-bond donors (Lipinski definition) is 0. The minimum atomic E-state index is 1.10. The molecule has 61 heavy (non-hydrogen) atoms. The minimum Gasteiger partial charge on any atom is -0.310 e. The molecule has 3 heteroatoms. The number of anilines is 3. The van der Waals surface area contributed by atoms with Crippen LogP contribution in [0.25, 0.3) is 91.8 Å². The van der Waals surface area contributed by atoms with Crippen LogP contribution in [0, 0.1) is 0 Å². The normalized spacial score (nSPS) is 11.6. The van der Waals surface area contributed by atoms with E-state index < -0.39 is 0 Å². The summed E-state index contributed by atoms with van der Waals surface area (Å²) in [5, 5.41) is 7.58. The lowest BCUT2D eigenvalue weighted by molar-refractivity contribution is 1.18. The van der Waals surface area contributed by atoms with Gasteiger partial charge in [0.05, 0.1) is 22.4 Å². The number of rotatable bonds is 7. The maximum atomic E-state index is 2.43. The average Bonchev–Trinajstić information content (AvgIpc) is 3.87. The number of nitrogens with zero attached hydrogens (tertiary/aromatic N) is 2. The third-order valence-electron chi connectivity index (χ3n) is 12.2. The molecule has 12 aromatic rings. The molecule has 2 heterocycles. The smallest absolute Gasteiger partial charge is 0.0541 e. The van der Waals surface area contributed by atoms with Gasteiger partial charge in [-0.3, -0.25) is 0 Å². The highest BCUT2D eigenvalue weighted by Crippen LogP contribution is 2.45. The van der Waals surface area contributed by atoms with Crippen LogP contribution in [0.2, 0.25) is 0 Å². The molecule has 0 bridgehead atoms. The molecule has 2 aromatic heterocycles. The second-order valence-corrected chi connectivity index (χ2v) is 16.8. The van der Waals surface area contributed by atoms with Crippen molar-refractivity contribution in [3.8, 4) is 39.1 Å². The monoisotopic (exact) mass is 794 g/mol. The molecule has 2 nitrogen and oxygen atoms in total. The molecule has 286 valence electrons. The first-order valence-electron chi connectivity index (χ1n) is 20.8. The van der Waals surface area contributed by atoms with E-state index in [1.54, 1.807) is 0 Å². The largest absolute Gasteiger partial charge is 0.310 e. The van der Waals surface area contributed by atoms with Gasteiger partial charge < -0.3 is 9.47 Å². The third-order valence-corrected chi connectivity index (χ3v) is 13.4. The first kappa shape index (κ1) is 35.2. The molecule has 0 N–H and O–H groups in total. The van der Waals surface area contributed by atoms with Crippen LogP contribution >= 0.6 is 11.3 Å². The van der Waals surface area contributed by atoms with Gasteiger partial charge in [-0.05, 0) is 99.8 Å². The van der Waals surface area contributed by atoms with E-state index in [1.807, 2.05) is 11.3 Å². The van der Waals surface area contributed by atoms with E-state index in [9.17, 15) is 0 Å². The number of thiophene rings is 1. The van der Waals surface area contributed by atoms with Crippen molar-refractivity contribution in [1.29, 1.82) is 0 Å². The molecule has 0 spiro atoms. The summed E-state index contributed by atoms with van der Waals surface area (Å²) in [5.41, 5.74) is 14.1. The van der Waals surface area contributed by atoms with Crippen LogP contribution < -0.4 is 4.90 Å². The molecular weight excluding hydrogens is 757 g/mol. The molecule has 0 aliphatic rings. The molecule has 0 fully saturated rings. The third kappa shape index (κ3) is 6.01. The molecule has 0 amide bonds. The van der Waals surface area contributed by atoms with E-state index in [2.05, 4.69) is 240 Å². The van der Waals surface area contributed by atoms with Gasteiger partial charge in [-0.1, -0.05) is 164 Å². The highest BCUT2D eigenvalue weighted by molar-refractivity contribution is 7.25. The first-order chi connectivity index (χ1) is 30.2. The Kier molecular flexibility index (Phi) is 8.39. The Morgan fingerprint density at radius 1 is 0.328 bits per heavy atom. The zero-order valence-electron chi connectivity index (χ0n) is 33.2. The van der Waals surface area contributed by atoms with Gasteiger partial charge in [0, 0.05) is 53.4 Å². The molecule has 0 aliphatic carbocycles. The van der Waals surface area contributed by atoms with Gasteiger partial charge in [0.1, 0.15) is 0 Å². The van der Waals surface area contributed by atoms with Crippen molar-refractivity contribution >= 4 is 81.1 Å². The average molecular weight is 795 g/mol. The summed E-state index contributed by atoms with van der Waals surface area (Å²) >= 11 is 1.85. The van der Waals surface area contributed by atoms with Crippen LogP contribution in [0.1, 0.15) is 0 Å². The first-order valence-corrected chi connectivity index (χ1v) is 21.6. The maximum Gasteiger partial charge on any atom is 0.0541 e. The molecule has 0 unspecified atom stereocenters. The summed E-state index contributed by atoms with van der Waals surface area (Å²) in [6, 6.07) is 84.2. The van der Waals surface area contributed by atoms with E-state index in [-0.39, 0.29) is 0 Å². The predicted octanol–water partition coefficient (Wildman–Crippen LogP) is 16.8. The molecule has 0 aliphatic heterocycles. The number of benzene rings is 10. The summed E-state index contributed by atoms with van der Waals surface area (Å²) in [6.45, 7) is 0. The molecular formula is C58H38N2S. The van der Waals surface area contributed by atoms with Gasteiger partial charge in [-0.25, -0.2) is 0 Å². The topological polar surface area (TPSA) is 8.17 Å². The summed E-state index contributed by atoms with van der Waals surface area (Å²) in [6.07, 6.45) is 0. The Labute approximate surface area is 358 Å². The van der Waals surface area contributed by atoms with Gasteiger partial charge in [0.25, 0.3) is 0 Å². The second kappa shape index (κ2) is 14.5. The van der Waals surface area contributed by atoms with Gasteiger partial charge in [-0.15, -0.1) is 11.3 Å². The molecule has 0 saturated heterocycles. The van der Waals surface area contributed by atoms with Gasteiger partial charge >= 0.3 is 0 Å². The van der Waals surface area contributed by atoms with Crippen molar-refractivity contribution in [2.45, 2.75) is 0 Å². The zero-order valence-corrected chi connectivity index (χ0v) is 34.1. The van der Waals surface area contributed by atoms with Crippen LogP contribution in [-0.2, 0) is 0 Å². The molecule has 0 radical (unpaired) electrons. The molecule has 12 rings (SSSR count). The molecule has 0 saturated carbocycles. The quantitative estimate of drug-likeness (QED) is 0.156. The van der Waals surface area contributed by atoms with E-state index in [1.165, 1.54) is 91.8 Å². The van der Waals surface area contributed by atoms with Crippen molar-refractivity contribution in [3.05, 3.63) is 231 Å². The van der Waals surface area contributed by atoms with Gasteiger partial charge in [0.15, 0.2) is 0 Å². The minimum absolute atomic E-state index is 1.10. The molecule has 0 atom stereocenters. The Bertz CT molecular complexity index is 3540. The van der Waals surface area contributed by atoms with E-state index in [4.69, 9.17) is 0 Å². The van der Waals surface area contributed by atoms with E-state index in [0.29, 0.717) is 0 Å². The van der Waals surface area contributed by atoms with Crippen molar-refractivity contribution in [3.63, 3.8) is 0 Å². The Hall–Kier alpha value is -7.72. The van der Waals surface area contributed by atoms with Crippen LogP contribution in [0.4, 0.5) is 17.1 Å². The zero-order chi connectivity index (χ0) is 40.3. The van der Waals surface area contributed by atoms with Crippen LogP contribution in [0.15, 0.2) is 231 Å². The fourth-order valence-electron chi connectivity index (χ4n) is 9.29. The van der Waals surface area contributed by atoms with E-state index >= 15 is 0 Å². The number of aromatic nitrogens is 1. The standard InChI is InChI=1S/C58H38N2S/c1-2-14-43-37-44(30-27-39(43)13-1)48-16-4-8-20-53(48)59(46-35-36-58-52(38-46)51-19-7-12-24-57(51)61-58)45-33-31-41(32-34-45)40-25-28-42(29-26-40)47-15-3-9-21-54(47)60-55-22-10-5-17-49(55)50-18-6-11-23-56(50)60/h1-38H. The van der Waals surface area contributed by atoms with Crippen molar-refractivity contribution in [2.75, 3.05) is 4.90 Å². The number of fused-ring (bicyclic) bond motifs is 7. The van der Waals surface area contributed by atoms with Crippen LogP contribution in [-0.4, -0.2) is 4.57 Å².